The lowest BCUT2D eigenvalue weighted by atomic mass is 9.94. The Morgan fingerprint density at radius 3 is 2.56 bits per heavy atom. The number of aliphatic hydroxyl groups is 1. The monoisotopic (exact) mass is 351 g/mol. The van der Waals surface area contributed by atoms with Crippen molar-refractivity contribution < 1.29 is 23.0 Å². The maximum absolute atomic E-state index is 12.3. The van der Waals surface area contributed by atoms with E-state index < -0.39 is 6.36 Å². The Bertz CT molecular complexity index is 802. The molecule has 0 saturated carbocycles. The average Bonchev–Trinajstić information content (AvgIpc) is 2.59. The van der Waals surface area contributed by atoms with Crippen molar-refractivity contribution in [3.63, 3.8) is 0 Å². The van der Waals surface area contributed by atoms with Gasteiger partial charge in [0.25, 0.3) is 0 Å². The van der Waals surface area contributed by atoms with Crippen molar-refractivity contribution >= 4 is 17.6 Å². The Labute approximate surface area is 141 Å². The number of nitrogens with zero attached hydrogens (tertiary/aromatic N) is 1. The van der Waals surface area contributed by atoms with Crippen molar-refractivity contribution in [1.82, 2.24) is 0 Å². The summed E-state index contributed by atoms with van der Waals surface area (Å²) in [5, 5.41) is 12.8. The predicted molar refractivity (Wildman–Crippen MR) is 89.0 cm³/mol. The number of aliphatic imine (C=N–C) groups is 1. The van der Waals surface area contributed by atoms with Gasteiger partial charge >= 0.3 is 6.36 Å². The largest absolute Gasteiger partial charge is 0.573 e. The molecule has 0 aromatic heterocycles. The van der Waals surface area contributed by atoms with Crippen LogP contribution in [0.2, 0.25) is 0 Å². The third-order valence-corrected chi connectivity index (χ3v) is 3.87. The minimum Gasteiger partial charge on any atom is -0.406 e. The Hall–Kier alpha value is -2.58. The molecule has 3 rings (SSSR count). The quantitative estimate of drug-likeness (QED) is 0.789. The molecule has 0 unspecified atom stereocenters. The highest BCUT2D eigenvalue weighted by atomic mass is 19.4. The summed E-state index contributed by atoms with van der Waals surface area (Å²) < 4.78 is 40.8. The van der Waals surface area contributed by atoms with Crippen molar-refractivity contribution in [2.75, 3.05) is 11.9 Å². The molecule has 0 fully saturated rings. The summed E-state index contributed by atoms with van der Waals surface area (Å²) >= 11 is 0. The molecule has 8 heteroatoms. The molecule has 1 aliphatic heterocycles. The van der Waals surface area contributed by atoms with Gasteiger partial charge in [0.1, 0.15) is 5.75 Å². The van der Waals surface area contributed by atoms with Crippen LogP contribution in [0.1, 0.15) is 11.1 Å². The summed E-state index contributed by atoms with van der Waals surface area (Å²) in [7, 11) is 0. The van der Waals surface area contributed by atoms with Gasteiger partial charge in [0.2, 0.25) is 0 Å². The molecule has 0 bridgehead atoms. The first-order valence-electron chi connectivity index (χ1n) is 7.55. The van der Waals surface area contributed by atoms with Gasteiger partial charge < -0.3 is 20.9 Å². The number of hydrogen-bond acceptors (Lipinski definition) is 5. The highest BCUT2D eigenvalue weighted by molar-refractivity contribution is 5.93. The molecule has 0 amide bonds. The normalized spacial score (nSPS) is 13.3. The molecule has 5 nitrogen and oxygen atoms in total. The highest BCUT2D eigenvalue weighted by Gasteiger charge is 2.31. The highest BCUT2D eigenvalue weighted by Crippen LogP contribution is 2.42. The first-order valence-corrected chi connectivity index (χ1v) is 7.55. The first kappa shape index (κ1) is 17.2. The fourth-order valence-electron chi connectivity index (χ4n) is 2.79. The summed E-state index contributed by atoms with van der Waals surface area (Å²) in [5.41, 5.74) is 9.90. The number of nitrogens with one attached hydrogen (secondary N) is 1. The molecule has 4 N–H and O–H groups in total. The van der Waals surface area contributed by atoms with Gasteiger partial charge in [-0.25, -0.2) is 0 Å². The minimum absolute atomic E-state index is 0.202. The van der Waals surface area contributed by atoms with E-state index in [9.17, 15) is 18.3 Å². The van der Waals surface area contributed by atoms with E-state index in [2.05, 4.69) is 15.0 Å². The topological polar surface area (TPSA) is 79.9 Å². The van der Waals surface area contributed by atoms with Crippen LogP contribution in [0.4, 0.5) is 24.5 Å². The first-order chi connectivity index (χ1) is 11.9. The van der Waals surface area contributed by atoms with E-state index in [1.54, 1.807) is 6.21 Å². The number of benzene rings is 2. The van der Waals surface area contributed by atoms with Crippen LogP contribution in [-0.4, -0.2) is 24.2 Å². The molecular weight excluding hydrogens is 335 g/mol. The molecule has 0 aliphatic carbocycles. The van der Waals surface area contributed by atoms with Crippen molar-refractivity contribution in [2.24, 2.45) is 10.7 Å². The van der Waals surface area contributed by atoms with Crippen LogP contribution >= 0.6 is 0 Å². The Kier molecular flexibility index (Phi) is 4.65. The number of anilines is 1. The second-order valence-corrected chi connectivity index (χ2v) is 5.41. The molecule has 132 valence electrons. The van der Waals surface area contributed by atoms with Crippen LogP contribution in [0.15, 0.2) is 35.3 Å². The van der Waals surface area contributed by atoms with Gasteiger partial charge in [0.15, 0.2) is 0 Å². The van der Waals surface area contributed by atoms with Crippen molar-refractivity contribution in [3.05, 3.63) is 41.5 Å². The zero-order chi connectivity index (χ0) is 18.0. The molecule has 0 atom stereocenters. The van der Waals surface area contributed by atoms with E-state index in [4.69, 9.17) is 5.73 Å². The van der Waals surface area contributed by atoms with E-state index in [0.29, 0.717) is 29.0 Å². The smallest absolute Gasteiger partial charge is 0.406 e. The van der Waals surface area contributed by atoms with E-state index >= 15 is 0 Å². The Morgan fingerprint density at radius 1 is 1.24 bits per heavy atom. The maximum atomic E-state index is 12.3. The number of rotatable bonds is 4. The average molecular weight is 351 g/mol. The van der Waals surface area contributed by atoms with Gasteiger partial charge in [-0.3, -0.25) is 4.99 Å². The fraction of sp³-hybridized carbons (Fsp3) is 0.235. The zero-order valence-corrected chi connectivity index (χ0v) is 13.1. The third-order valence-electron chi connectivity index (χ3n) is 3.87. The Morgan fingerprint density at radius 2 is 1.96 bits per heavy atom. The molecule has 0 saturated heterocycles. The third kappa shape index (κ3) is 3.59. The SMILES string of the molecule is NCc1cc(-c2ccc(OC(F)(F)F)cc2)c2c(c1CO)N=CCN2. The summed E-state index contributed by atoms with van der Waals surface area (Å²) in [6, 6.07) is 7.40. The van der Waals surface area contributed by atoms with Gasteiger partial charge in [-0.2, -0.15) is 0 Å². The van der Waals surface area contributed by atoms with Gasteiger partial charge in [0.05, 0.1) is 24.5 Å². The molecule has 1 aliphatic rings. The van der Waals surface area contributed by atoms with E-state index in [1.807, 2.05) is 6.07 Å². The van der Waals surface area contributed by atoms with Crippen LogP contribution in [0, 0.1) is 0 Å². The van der Waals surface area contributed by atoms with Gasteiger partial charge in [-0.05, 0) is 29.3 Å². The minimum atomic E-state index is -4.73. The molecular formula is C17H16F3N3O2. The van der Waals surface area contributed by atoms with Gasteiger partial charge in [0, 0.05) is 23.9 Å². The van der Waals surface area contributed by atoms with E-state index in [-0.39, 0.29) is 18.9 Å². The van der Waals surface area contributed by atoms with Crippen molar-refractivity contribution in [3.8, 4) is 16.9 Å². The second kappa shape index (κ2) is 6.73. The summed E-state index contributed by atoms with van der Waals surface area (Å²) in [4.78, 5) is 4.35. The molecule has 2 aromatic carbocycles. The number of alkyl halides is 3. The number of aliphatic hydroxyl groups excluding tert-OH is 1. The fourth-order valence-corrected chi connectivity index (χ4v) is 2.79. The summed E-state index contributed by atoms with van der Waals surface area (Å²) in [5.74, 6) is -0.290. The van der Waals surface area contributed by atoms with Crippen LogP contribution < -0.4 is 15.8 Å². The lowest BCUT2D eigenvalue weighted by Gasteiger charge is -2.22. The van der Waals surface area contributed by atoms with Crippen LogP contribution in [0.3, 0.4) is 0 Å². The molecule has 25 heavy (non-hydrogen) atoms. The molecule has 0 spiro atoms. The summed E-state index contributed by atoms with van der Waals surface area (Å²) in [6.07, 6.45) is -3.04. The predicted octanol–water partition coefficient (Wildman–Crippen LogP) is 3.33. The van der Waals surface area contributed by atoms with Gasteiger partial charge in [-0.1, -0.05) is 12.1 Å². The maximum Gasteiger partial charge on any atom is 0.573 e. The van der Waals surface area contributed by atoms with Crippen molar-refractivity contribution in [2.45, 2.75) is 19.5 Å². The Balaban J connectivity index is 2.07. The number of ether oxygens (including phenoxy) is 1. The van der Waals surface area contributed by atoms with Gasteiger partial charge in [-0.15, -0.1) is 13.2 Å². The number of hydrogen-bond donors (Lipinski definition) is 3. The summed E-state index contributed by atoms with van der Waals surface area (Å²) in [6.45, 7) is 0.523. The van der Waals surface area contributed by atoms with Crippen molar-refractivity contribution in [1.29, 1.82) is 0 Å². The van der Waals surface area contributed by atoms with E-state index in [0.717, 1.165) is 11.1 Å². The number of fused-ring (bicyclic) bond motifs is 1. The van der Waals surface area contributed by atoms with Crippen LogP contribution in [0.5, 0.6) is 5.75 Å². The molecule has 2 aromatic rings. The molecule has 1 heterocycles. The van der Waals surface area contributed by atoms with E-state index in [1.165, 1.54) is 24.3 Å². The second-order valence-electron chi connectivity index (χ2n) is 5.41. The van der Waals surface area contributed by atoms with Crippen LogP contribution in [-0.2, 0) is 13.2 Å². The zero-order valence-electron chi connectivity index (χ0n) is 13.1. The molecule has 0 radical (unpaired) electrons. The number of halogens is 3. The standard InChI is InChI=1S/C17H16F3N3O2/c18-17(19,20)25-12-3-1-10(2-4-12)13-7-11(8-21)14(9-24)16-15(13)22-5-6-23-16/h1-4,6-7,22,24H,5,8-9,21H2. The lowest BCUT2D eigenvalue weighted by molar-refractivity contribution is -0.274. The van der Waals surface area contributed by atoms with Crippen LogP contribution in [0.25, 0.3) is 11.1 Å². The number of nitrogens with two attached hydrogens (primary N) is 1. The lowest BCUT2D eigenvalue weighted by Crippen LogP contribution is -2.17.